The van der Waals surface area contributed by atoms with Crippen molar-refractivity contribution >= 4 is 10.1 Å². The highest BCUT2D eigenvalue weighted by Gasteiger charge is 2.17. The van der Waals surface area contributed by atoms with E-state index in [9.17, 15) is 8.42 Å². The molecular formula is C26H26N6O6S. The Morgan fingerprint density at radius 2 is 1.31 bits per heavy atom. The third-order valence-corrected chi connectivity index (χ3v) is 4.89. The zero-order valence-electron chi connectivity index (χ0n) is 21.4. The van der Waals surface area contributed by atoms with E-state index in [1.165, 1.54) is 0 Å². The second-order valence-corrected chi connectivity index (χ2v) is 9.91. The largest absolute Gasteiger partial charge is 0.492 e. The van der Waals surface area contributed by atoms with Crippen LogP contribution in [0.1, 0.15) is 0 Å². The van der Waals surface area contributed by atoms with E-state index in [4.69, 9.17) is 18.1 Å². The van der Waals surface area contributed by atoms with E-state index in [0.717, 1.165) is 6.54 Å². The molecule has 0 aromatic carbocycles. The second kappa shape index (κ2) is 12.4. The molecule has 5 aromatic heterocycles. The van der Waals surface area contributed by atoms with Gasteiger partial charge in [-0.3, -0.25) is 14.5 Å². The summed E-state index contributed by atoms with van der Waals surface area (Å²) in [4.78, 5) is 24.2. The number of hydrogen-bond acceptors (Lipinski definition) is 11. The summed E-state index contributed by atoms with van der Waals surface area (Å²) in [5, 5.41) is 0. The van der Waals surface area contributed by atoms with E-state index in [1.807, 2.05) is 55.4 Å². The first-order valence-electron chi connectivity index (χ1n) is 11.6. The Kier molecular flexibility index (Phi) is 8.76. The summed E-state index contributed by atoms with van der Waals surface area (Å²) < 4.78 is 43.8. The molecule has 5 aromatic rings. The molecular weight excluding hydrogens is 524 g/mol. The molecule has 13 heteroatoms. The SMILES string of the molecule is CN(C)CCOc1cc(-c2ncc(-c3ccccn3)o2)nc(-c2ncc(-c3ccccn3)o2)c1.CS(=O)(=O)O. The lowest BCUT2D eigenvalue weighted by Gasteiger charge is -2.12. The van der Waals surface area contributed by atoms with Gasteiger partial charge >= 0.3 is 0 Å². The predicted octanol–water partition coefficient (Wildman–Crippen LogP) is 3.96. The maximum Gasteiger partial charge on any atom is 0.261 e. The van der Waals surface area contributed by atoms with Crippen molar-refractivity contribution in [2.24, 2.45) is 0 Å². The fourth-order valence-corrected chi connectivity index (χ4v) is 3.19. The molecule has 0 aliphatic carbocycles. The van der Waals surface area contributed by atoms with E-state index >= 15 is 0 Å². The van der Waals surface area contributed by atoms with Crippen LogP contribution in [0.2, 0.25) is 0 Å². The van der Waals surface area contributed by atoms with Crippen molar-refractivity contribution in [3.8, 4) is 51.8 Å². The van der Waals surface area contributed by atoms with E-state index < -0.39 is 10.1 Å². The van der Waals surface area contributed by atoms with Crippen molar-refractivity contribution in [3.63, 3.8) is 0 Å². The Morgan fingerprint density at radius 1 is 0.821 bits per heavy atom. The summed E-state index contributed by atoms with van der Waals surface area (Å²) in [5.41, 5.74) is 2.37. The molecule has 5 heterocycles. The molecule has 12 nitrogen and oxygen atoms in total. The van der Waals surface area contributed by atoms with Gasteiger partial charge in [-0.1, -0.05) is 12.1 Å². The lowest BCUT2D eigenvalue weighted by molar-refractivity contribution is 0.261. The molecule has 39 heavy (non-hydrogen) atoms. The third-order valence-electron chi connectivity index (χ3n) is 4.89. The summed E-state index contributed by atoms with van der Waals surface area (Å²) in [6, 6.07) is 14.8. The minimum atomic E-state index is -3.67. The van der Waals surface area contributed by atoms with E-state index in [0.29, 0.717) is 64.7 Å². The van der Waals surface area contributed by atoms with E-state index in [-0.39, 0.29) is 0 Å². The van der Waals surface area contributed by atoms with Crippen LogP contribution in [0.3, 0.4) is 0 Å². The number of ether oxygens (including phenoxy) is 1. The first-order valence-corrected chi connectivity index (χ1v) is 13.5. The number of nitrogens with zero attached hydrogens (tertiary/aromatic N) is 6. The Morgan fingerprint density at radius 3 is 1.72 bits per heavy atom. The normalized spacial score (nSPS) is 11.2. The van der Waals surface area contributed by atoms with Crippen molar-refractivity contribution in [2.45, 2.75) is 0 Å². The molecule has 1 N–H and O–H groups in total. The number of hydrogen-bond donors (Lipinski definition) is 1. The fourth-order valence-electron chi connectivity index (χ4n) is 3.19. The van der Waals surface area contributed by atoms with Crippen molar-refractivity contribution in [2.75, 3.05) is 33.5 Å². The lowest BCUT2D eigenvalue weighted by atomic mass is 10.2. The molecule has 5 rings (SSSR count). The smallest absolute Gasteiger partial charge is 0.261 e. The van der Waals surface area contributed by atoms with Crippen LogP contribution in [0, 0.1) is 0 Å². The Balaban J connectivity index is 0.000000648. The van der Waals surface area contributed by atoms with Gasteiger partial charge in [0, 0.05) is 31.1 Å². The average molecular weight is 551 g/mol. The van der Waals surface area contributed by atoms with Gasteiger partial charge in [0.1, 0.15) is 35.1 Å². The van der Waals surface area contributed by atoms with Gasteiger partial charge in [-0.05, 0) is 38.4 Å². The average Bonchev–Trinajstić information content (AvgIpc) is 3.59. The number of aromatic nitrogens is 5. The monoisotopic (exact) mass is 550 g/mol. The summed E-state index contributed by atoms with van der Waals surface area (Å²) >= 11 is 0. The standard InChI is InChI=1S/C25H22N6O3.CH4O3S/c1-31(2)11-12-32-17-13-20(24-28-15-22(33-24)18-7-3-5-9-26-18)30-21(14-17)25-29-16-23(34-25)19-8-4-6-10-27-19;1-5(2,3)4/h3-10,13-16H,11-12H2,1-2H3;1H3,(H,2,3,4). The topological polar surface area (TPSA) is 158 Å². The summed E-state index contributed by atoms with van der Waals surface area (Å²) in [6.07, 6.45) is 7.38. The van der Waals surface area contributed by atoms with Crippen LogP contribution in [-0.2, 0) is 10.1 Å². The van der Waals surface area contributed by atoms with Gasteiger partial charge in [-0.25, -0.2) is 15.0 Å². The Hall–Kier alpha value is -4.46. The minimum absolute atomic E-state index is 0.344. The molecule has 0 radical (unpaired) electrons. The second-order valence-electron chi connectivity index (χ2n) is 8.45. The van der Waals surface area contributed by atoms with Crippen LogP contribution in [0.4, 0.5) is 0 Å². The van der Waals surface area contributed by atoms with Crippen LogP contribution < -0.4 is 4.74 Å². The van der Waals surface area contributed by atoms with Crippen LogP contribution in [0.15, 0.2) is 82.2 Å². The van der Waals surface area contributed by atoms with Crippen molar-refractivity contribution in [1.82, 2.24) is 29.8 Å². The molecule has 0 amide bonds. The van der Waals surface area contributed by atoms with Crippen molar-refractivity contribution < 1.29 is 26.5 Å². The summed E-state index contributed by atoms with van der Waals surface area (Å²) in [7, 11) is 0.315. The molecule has 0 aliphatic heterocycles. The molecule has 0 saturated heterocycles. The number of oxazole rings is 2. The molecule has 0 fully saturated rings. The minimum Gasteiger partial charge on any atom is -0.492 e. The zero-order valence-corrected chi connectivity index (χ0v) is 22.2. The first kappa shape index (κ1) is 27.6. The van der Waals surface area contributed by atoms with Gasteiger partial charge in [-0.15, -0.1) is 0 Å². The van der Waals surface area contributed by atoms with Gasteiger partial charge in [0.05, 0.1) is 18.6 Å². The highest BCUT2D eigenvalue weighted by molar-refractivity contribution is 7.85. The van der Waals surface area contributed by atoms with Crippen molar-refractivity contribution in [3.05, 3.63) is 73.3 Å². The zero-order chi connectivity index (χ0) is 27.8. The van der Waals surface area contributed by atoms with Crippen LogP contribution in [0.5, 0.6) is 5.75 Å². The highest BCUT2D eigenvalue weighted by Crippen LogP contribution is 2.31. The number of likely N-dealkylation sites (N-methyl/N-ethyl adjacent to an activating group) is 1. The fraction of sp³-hybridized carbons (Fsp3) is 0.192. The predicted molar refractivity (Wildman–Crippen MR) is 143 cm³/mol. The van der Waals surface area contributed by atoms with Gasteiger partial charge in [0.15, 0.2) is 11.5 Å². The lowest BCUT2D eigenvalue weighted by Crippen LogP contribution is -2.19. The summed E-state index contributed by atoms with van der Waals surface area (Å²) in [6.45, 7) is 1.27. The molecule has 0 aliphatic rings. The van der Waals surface area contributed by atoms with E-state index in [1.54, 1.807) is 36.9 Å². The molecule has 202 valence electrons. The molecule has 0 unspecified atom stereocenters. The Labute approximate surface area is 225 Å². The van der Waals surface area contributed by atoms with Gasteiger partial charge in [0.25, 0.3) is 10.1 Å². The number of pyridine rings is 3. The van der Waals surface area contributed by atoms with Gasteiger partial charge in [0.2, 0.25) is 11.8 Å². The third kappa shape index (κ3) is 8.26. The van der Waals surface area contributed by atoms with Gasteiger partial charge in [-0.2, -0.15) is 8.42 Å². The maximum atomic E-state index is 9.19. The van der Waals surface area contributed by atoms with E-state index in [2.05, 4.69) is 24.9 Å². The molecule has 0 bridgehead atoms. The Bertz CT molecular complexity index is 1500. The molecule has 0 saturated carbocycles. The quantitative estimate of drug-likeness (QED) is 0.278. The first-order chi connectivity index (χ1) is 18.7. The molecule has 0 atom stereocenters. The number of rotatable bonds is 8. The van der Waals surface area contributed by atoms with Crippen molar-refractivity contribution in [1.29, 1.82) is 0 Å². The molecule has 0 spiro atoms. The maximum absolute atomic E-state index is 9.19. The summed E-state index contributed by atoms with van der Waals surface area (Å²) in [5.74, 6) is 2.39. The van der Waals surface area contributed by atoms with Crippen LogP contribution >= 0.6 is 0 Å². The van der Waals surface area contributed by atoms with Crippen LogP contribution in [0.25, 0.3) is 46.1 Å². The highest BCUT2D eigenvalue weighted by atomic mass is 32.2. The van der Waals surface area contributed by atoms with Crippen LogP contribution in [-0.4, -0.2) is 76.3 Å². The van der Waals surface area contributed by atoms with Gasteiger partial charge < -0.3 is 18.5 Å².